The Kier molecular flexibility index (Phi) is 3.92. The molecule has 0 aliphatic carbocycles. The number of rotatable bonds is 4. The topological polar surface area (TPSA) is 17.0 Å². The van der Waals surface area contributed by atoms with Gasteiger partial charge in [0.05, 0.1) is 12.7 Å². The Labute approximate surface area is 124 Å². The molecule has 0 unspecified atom stereocenters. The lowest BCUT2D eigenvalue weighted by Crippen LogP contribution is -2.57. The first-order chi connectivity index (χ1) is 10.4. The van der Waals surface area contributed by atoms with Gasteiger partial charge in [0, 0.05) is 24.3 Å². The van der Waals surface area contributed by atoms with E-state index in [0.717, 1.165) is 5.75 Å². The van der Waals surface area contributed by atoms with Crippen LogP contribution in [-0.2, 0) is 0 Å². The summed E-state index contributed by atoms with van der Waals surface area (Å²) in [4.78, 5) is 0. The second-order valence-corrected chi connectivity index (χ2v) is 4.79. The van der Waals surface area contributed by atoms with Crippen molar-refractivity contribution >= 4 is 0 Å². The Hall–Kier alpha value is -2.68. The van der Waals surface area contributed by atoms with Gasteiger partial charge < -0.3 is 4.74 Å². The van der Waals surface area contributed by atoms with E-state index in [1.165, 1.54) is 5.56 Å². The van der Waals surface area contributed by atoms with E-state index in [0.29, 0.717) is 0 Å². The lowest BCUT2D eigenvalue weighted by Gasteiger charge is -2.09. The van der Waals surface area contributed by atoms with Gasteiger partial charge in [0.25, 0.3) is 0 Å². The van der Waals surface area contributed by atoms with Gasteiger partial charge >= 0.3 is 6.17 Å². The van der Waals surface area contributed by atoms with Crippen molar-refractivity contribution in [3.05, 3.63) is 91.0 Å². The molecule has 0 saturated heterocycles. The third kappa shape index (κ3) is 2.92. The molecule has 0 bridgehead atoms. The first-order valence-corrected chi connectivity index (χ1v) is 6.94. The molecule has 0 amide bonds. The maximum Gasteiger partial charge on any atom is 0.379 e. The Morgan fingerprint density at radius 2 is 1.19 bits per heavy atom. The minimum atomic E-state index is 0.0818. The lowest BCUT2D eigenvalue weighted by atomic mass is 10.1. The zero-order valence-corrected chi connectivity index (χ0v) is 12.0. The molecule has 3 heteroatoms. The number of ether oxygens (including phenoxy) is 1. The van der Waals surface area contributed by atoms with Crippen LogP contribution in [0.25, 0.3) is 0 Å². The van der Waals surface area contributed by atoms with Crippen molar-refractivity contribution in [2.45, 2.75) is 6.17 Å². The van der Waals surface area contributed by atoms with E-state index in [4.69, 9.17) is 4.74 Å². The number of aromatic nitrogens is 2. The molecule has 3 nitrogen and oxygen atoms in total. The lowest BCUT2D eigenvalue weighted by molar-refractivity contribution is -0.934. The molecule has 0 aliphatic rings. The van der Waals surface area contributed by atoms with Gasteiger partial charge in [-0.05, 0) is 24.3 Å². The van der Waals surface area contributed by atoms with E-state index < -0.39 is 0 Å². The summed E-state index contributed by atoms with van der Waals surface area (Å²) in [5.41, 5.74) is 1.20. The van der Waals surface area contributed by atoms with Gasteiger partial charge in [-0.3, -0.25) is 0 Å². The van der Waals surface area contributed by atoms with Gasteiger partial charge in [-0.25, -0.2) is 0 Å². The van der Waals surface area contributed by atoms with E-state index in [1.54, 1.807) is 7.11 Å². The summed E-state index contributed by atoms with van der Waals surface area (Å²) < 4.78 is 9.61. The average Bonchev–Trinajstić information content (AvgIpc) is 2.58. The Bertz CT molecular complexity index is 642. The molecule has 21 heavy (non-hydrogen) atoms. The van der Waals surface area contributed by atoms with Crippen LogP contribution in [0.2, 0.25) is 0 Å². The number of pyridine rings is 2. The highest BCUT2D eigenvalue weighted by Gasteiger charge is 2.29. The molecule has 0 fully saturated rings. The van der Waals surface area contributed by atoms with Crippen molar-refractivity contribution in [3.8, 4) is 5.75 Å². The minimum absolute atomic E-state index is 0.0818. The van der Waals surface area contributed by atoms with Crippen molar-refractivity contribution in [3.63, 3.8) is 0 Å². The summed E-state index contributed by atoms with van der Waals surface area (Å²) in [6.45, 7) is 0. The predicted molar refractivity (Wildman–Crippen MR) is 79.8 cm³/mol. The number of hydrogen-bond acceptors (Lipinski definition) is 1. The van der Waals surface area contributed by atoms with Crippen LogP contribution in [0.1, 0.15) is 11.7 Å². The number of nitrogens with zero attached hydrogens (tertiary/aromatic N) is 2. The fraction of sp³-hybridized carbons (Fsp3) is 0.111. The SMILES string of the molecule is COc1ccc(C([n+]2ccccc2)[n+]2ccccc2)cc1. The van der Waals surface area contributed by atoms with E-state index in [1.807, 2.05) is 48.5 Å². The molecule has 3 rings (SSSR count). The molecule has 0 radical (unpaired) electrons. The quantitative estimate of drug-likeness (QED) is 0.670. The van der Waals surface area contributed by atoms with E-state index in [9.17, 15) is 0 Å². The smallest absolute Gasteiger partial charge is 0.379 e. The van der Waals surface area contributed by atoms with Crippen molar-refractivity contribution in [2.24, 2.45) is 0 Å². The highest BCUT2D eigenvalue weighted by molar-refractivity contribution is 5.27. The minimum Gasteiger partial charge on any atom is -0.497 e. The first-order valence-electron chi connectivity index (χ1n) is 6.94. The molecular formula is C18H18N2O+2. The normalized spacial score (nSPS) is 10.6. The van der Waals surface area contributed by atoms with Crippen LogP contribution in [0.15, 0.2) is 85.5 Å². The molecule has 0 aliphatic heterocycles. The van der Waals surface area contributed by atoms with Gasteiger partial charge in [0.15, 0.2) is 24.8 Å². The standard InChI is InChI=1S/C18H18N2O/c1-21-17-10-8-16(9-11-17)18(19-12-4-2-5-13-19)20-14-6-3-7-15-20/h2-15,18H,1H3/q+2. The maximum atomic E-state index is 5.25. The molecule has 3 aromatic rings. The third-order valence-corrected chi connectivity index (χ3v) is 3.46. The third-order valence-electron chi connectivity index (χ3n) is 3.46. The molecule has 0 N–H and O–H groups in total. The van der Waals surface area contributed by atoms with Gasteiger partial charge in [0.2, 0.25) is 0 Å². The highest BCUT2D eigenvalue weighted by Crippen LogP contribution is 2.15. The summed E-state index contributed by atoms with van der Waals surface area (Å²) in [6, 6.07) is 20.4. The molecule has 1 aromatic carbocycles. The monoisotopic (exact) mass is 278 g/mol. The fourth-order valence-corrected chi connectivity index (χ4v) is 2.42. The van der Waals surface area contributed by atoms with Crippen molar-refractivity contribution in [1.29, 1.82) is 0 Å². The summed E-state index contributed by atoms with van der Waals surface area (Å²) in [5.74, 6) is 0.869. The van der Waals surface area contributed by atoms with Gasteiger partial charge in [-0.2, -0.15) is 0 Å². The molecular weight excluding hydrogens is 260 g/mol. The van der Waals surface area contributed by atoms with Crippen molar-refractivity contribution < 1.29 is 13.9 Å². The van der Waals surface area contributed by atoms with Gasteiger partial charge in [0.1, 0.15) is 5.75 Å². The average molecular weight is 278 g/mol. The Balaban J connectivity index is 2.07. The molecule has 0 spiro atoms. The molecule has 0 atom stereocenters. The summed E-state index contributed by atoms with van der Waals surface area (Å²) in [6.07, 6.45) is 8.39. The summed E-state index contributed by atoms with van der Waals surface area (Å²) in [5, 5.41) is 0. The van der Waals surface area contributed by atoms with Gasteiger partial charge in [-0.15, -0.1) is 9.13 Å². The van der Waals surface area contributed by atoms with Crippen LogP contribution in [0.3, 0.4) is 0 Å². The van der Waals surface area contributed by atoms with E-state index in [-0.39, 0.29) is 6.17 Å². The fourth-order valence-electron chi connectivity index (χ4n) is 2.42. The van der Waals surface area contributed by atoms with Crippen LogP contribution < -0.4 is 13.9 Å². The largest absolute Gasteiger partial charge is 0.497 e. The number of methoxy groups -OCH3 is 1. The second kappa shape index (κ2) is 6.18. The van der Waals surface area contributed by atoms with E-state index in [2.05, 4.69) is 46.1 Å². The van der Waals surface area contributed by atoms with E-state index >= 15 is 0 Å². The van der Waals surface area contributed by atoms with Crippen LogP contribution >= 0.6 is 0 Å². The van der Waals surface area contributed by atoms with Crippen LogP contribution in [0, 0.1) is 0 Å². The van der Waals surface area contributed by atoms with Crippen LogP contribution in [-0.4, -0.2) is 7.11 Å². The number of benzene rings is 1. The predicted octanol–water partition coefficient (Wildman–Crippen LogP) is 2.37. The Morgan fingerprint density at radius 1 is 0.714 bits per heavy atom. The van der Waals surface area contributed by atoms with Crippen LogP contribution in [0.5, 0.6) is 5.75 Å². The van der Waals surface area contributed by atoms with Crippen molar-refractivity contribution in [2.75, 3.05) is 7.11 Å². The van der Waals surface area contributed by atoms with Crippen LogP contribution in [0.4, 0.5) is 0 Å². The summed E-state index contributed by atoms with van der Waals surface area (Å²) >= 11 is 0. The molecule has 104 valence electrons. The molecule has 0 saturated carbocycles. The highest BCUT2D eigenvalue weighted by atomic mass is 16.5. The Morgan fingerprint density at radius 3 is 1.62 bits per heavy atom. The van der Waals surface area contributed by atoms with Crippen molar-refractivity contribution in [1.82, 2.24) is 0 Å². The zero-order chi connectivity index (χ0) is 14.5. The molecule has 2 heterocycles. The van der Waals surface area contributed by atoms with Gasteiger partial charge in [-0.1, -0.05) is 12.1 Å². The number of hydrogen-bond donors (Lipinski definition) is 0. The zero-order valence-electron chi connectivity index (χ0n) is 12.0. The maximum absolute atomic E-state index is 5.25. The molecule has 2 aromatic heterocycles. The summed E-state index contributed by atoms with van der Waals surface area (Å²) in [7, 11) is 1.68. The second-order valence-electron chi connectivity index (χ2n) is 4.79. The first kappa shape index (κ1) is 13.3.